The van der Waals surface area contributed by atoms with Crippen LogP contribution in [-0.4, -0.2) is 29.1 Å². The van der Waals surface area contributed by atoms with E-state index >= 15 is 0 Å². The largest absolute Gasteiger partial charge is 0.481 e. The van der Waals surface area contributed by atoms with E-state index in [2.05, 4.69) is 4.98 Å². The Morgan fingerprint density at radius 3 is 2.82 bits per heavy atom. The van der Waals surface area contributed by atoms with E-state index in [4.69, 9.17) is 10.4 Å². The molecular weight excluding hydrogens is 218 g/mol. The quantitative estimate of drug-likeness (QED) is 0.779. The van der Waals surface area contributed by atoms with Gasteiger partial charge in [0.05, 0.1) is 12.0 Å². The molecule has 1 rings (SSSR count). The van der Waals surface area contributed by atoms with E-state index in [1.54, 1.807) is 24.1 Å². The number of hydrogen-bond acceptors (Lipinski definition) is 4. The van der Waals surface area contributed by atoms with Crippen molar-refractivity contribution in [3.8, 4) is 6.07 Å². The number of nitrogens with zero attached hydrogens (tertiary/aromatic N) is 3. The Labute approximate surface area is 100 Å². The van der Waals surface area contributed by atoms with Gasteiger partial charge in [0.2, 0.25) is 0 Å². The Morgan fingerprint density at radius 2 is 2.35 bits per heavy atom. The van der Waals surface area contributed by atoms with Crippen LogP contribution in [0.5, 0.6) is 0 Å². The van der Waals surface area contributed by atoms with Gasteiger partial charge in [0, 0.05) is 12.7 Å². The zero-order valence-electron chi connectivity index (χ0n) is 9.92. The van der Waals surface area contributed by atoms with Crippen LogP contribution in [-0.2, 0) is 4.79 Å². The molecule has 0 spiro atoms. The van der Waals surface area contributed by atoms with E-state index < -0.39 is 11.9 Å². The van der Waals surface area contributed by atoms with E-state index in [9.17, 15) is 4.79 Å². The molecule has 0 aliphatic rings. The standard InChI is InChI=1S/C12H15N3O2/c1-9-3-4-11(14-7-9)15(6-5-13)8-10(2)12(16)17/h3-4,7,10H,6,8H2,1-2H3,(H,16,17). The predicted molar refractivity (Wildman–Crippen MR) is 63.6 cm³/mol. The van der Waals surface area contributed by atoms with Crippen molar-refractivity contribution in [1.29, 1.82) is 5.26 Å². The van der Waals surface area contributed by atoms with Gasteiger partial charge in [-0.1, -0.05) is 13.0 Å². The first-order valence-electron chi connectivity index (χ1n) is 5.32. The Bertz CT molecular complexity index is 422. The lowest BCUT2D eigenvalue weighted by molar-refractivity contribution is -0.140. The highest BCUT2D eigenvalue weighted by molar-refractivity contribution is 5.70. The predicted octanol–water partition coefficient (Wildman–Crippen LogP) is 1.44. The third-order valence-electron chi connectivity index (χ3n) is 2.40. The molecular formula is C12H15N3O2. The third-order valence-corrected chi connectivity index (χ3v) is 2.40. The number of nitriles is 1. The van der Waals surface area contributed by atoms with Gasteiger partial charge in [-0.05, 0) is 18.6 Å². The number of pyridine rings is 1. The van der Waals surface area contributed by atoms with Gasteiger partial charge in [0.25, 0.3) is 0 Å². The summed E-state index contributed by atoms with van der Waals surface area (Å²) in [5, 5.41) is 17.6. The molecule has 1 atom stereocenters. The summed E-state index contributed by atoms with van der Waals surface area (Å²) in [4.78, 5) is 16.7. The van der Waals surface area contributed by atoms with Gasteiger partial charge < -0.3 is 10.0 Å². The summed E-state index contributed by atoms with van der Waals surface area (Å²) in [5.74, 6) is -0.781. The molecule has 90 valence electrons. The smallest absolute Gasteiger partial charge is 0.308 e. The Kier molecular flexibility index (Phi) is 4.46. The van der Waals surface area contributed by atoms with E-state index in [0.29, 0.717) is 5.82 Å². The van der Waals surface area contributed by atoms with Crippen LogP contribution in [0.25, 0.3) is 0 Å². The molecule has 0 saturated heterocycles. The summed E-state index contributed by atoms with van der Waals surface area (Å²) in [7, 11) is 0. The Balaban J connectivity index is 2.82. The lowest BCUT2D eigenvalue weighted by Crippen LogP contribution is -2.32. The normalized spacial score (nSPS) is 11.6. The minimum atomic E-state index is -0.875. The van der Waals surface area contributed by atoms with Crippen LogP contribution in [0, 0.1) is 24.2 Å². The maximum Gasteiger partial charge on any atom is 0.308 e. The third kappa shape index (κ3) is 3.76. The number of anilines is 1. The first kappa shape index (κ1) is 13.0. The minimum Gasteiger partial charge on any atom is -0.481 e. The van der Waals surface area contributed by atoms with Crippen LogP contribution in [0.1, 0.15) is 12.5 Å². The average molecular weight is 233 g/mol. The number of aryl methyl sites for hydroxylation is 1. The van der Waals surface area contributed by atoms with E-state index in [1.807, 2.05) is 19.1 Å². The molecule has 5 nitrogen and oxygen atoms in total. The van der Waals surface area contributed by atoms with Crippen molar-refractivity contribution in [3.63, 3.8) is 0 Å². The first-order valence-corrected chi connectivity index (χ1v) is 5.32. The lowest BCUT2D eigenvalue weighted by Gasteiger charge is -2.22. The Morgan fingerprint density at radius 1 is 1.65 bits per heavy atom. The minimum absolute atomic E-state index is 0.133. The van der Waals surface area contributed by atoms with Crippen molar-refractivity contribution in [2.75, 3.05) is 18.0 Å². The molecule has 0 aliphatic heterocycles. The molecule has 0 fully saturated rings. The maximum atomic E-state index is 10.8. The molecule has 1 unspecified atom stereocenters. The molecule has 0 aromatic carbocycles. The second-order valence-corrected chi connectivity index (χ2v) is 3.97. The fraction of sp³-hybridized carbons (Fsp3) is 0.417. The molecule has 1 aromatic heterocycles. The highest BCUT2D eigenvalue weighted by Gasteiger charge is 2.17. The average Bonchev–Trinajstić information content (AvgIpc) is 2.29. The molecule has 0 amide bonds. The fourth-order valence-corrected chi connectivity index (χ4v) is 1.38. The summed E-state index contributed by atoms with van der Waals surface area (Å²) in [5.41, 5.74) is 1.02. The topological polar surface area (TPSA) is 77.2 Å². The Hall–Kier alpha value is -2.09. The summed E-state index contributed by atoms with van der Waals surface area (Å²) in [6.45, 7) is 3.94. The second kappa shape index (κ2) is 5.85. The van der Waals surface area contributed by atoms with Gasteiger partial charge >= 0.3 is 5.97 Å². The highest BCUT2D eigenvalue weighted by Crippen LogP contribution is 2.12. The zero-order valence-corrected chi connectivity index (χ0v) is 9.92. The molecule has 1 N–H and O–H groups in total. The molecule has 0 aliphatic carbocycles. The molecule has 1 aromatic rings. The van der Waals surface area contributed by atoms with Crippen LogP contribution in [0.2, 0.25) is 0 Å². The van der Waals surface area contributed by atoms with Crippen LogP contribution < -0.4 is 4.90 Å². The van der Waals surface area contributed by atoms with Crippen molar-refractivity contribution < 1.29 is 9.90 Å². The molecule has 0 saturated carbocycles. The van der Waals surface area contributed by atoms with Crippen molar-refractivity contribution in [1.82, 2.24) is 4.98 Å². The summed E-state index contributed by atoms with van der Waals surface area (Å²) >= 11 is 0. The number of carboxylic acid groups (broad SMARTS) is 1. The first-order chi connectivity index (χ1) is 8.04. The van der Waals surface area contributed by atoms with Gasteiger partial charge in [-0.3, -0.25) is 4.79 Å². The van der Waals surface area contributed by atoms with Gasteiger partial charge in [-0.15, -0.1) is 0 Å². The zero-order chi connectivity index (χ0) is 12.8. The number of rotatable bonds is 5. The molecule has 0 bridgehead atoms. The van der Waals surface area contributed by atoms with Crippen molar-refractivity contribution >= 4 is 11.8 Å². The summed E-state index contributed by atoms with van der Waals surface area (Å²) in [6, 6.07) is 5.70. The van der Waals surface area contributed by atoms with E-state index in [-0.39, 0.29) is 13.1 Å². The maximum absolute atomic E-state index is 10.8. The van der Waals surface area contributed by atoms with Gasteiger partial charge in [-0.25, -0.2) is 4.98 Å². The summed E-state index contributed by atoms with van der Waals surface area (Å²) < 4.78 is 0. The molecule has 17 heavy (non-hydrogen) atoms. The second-order valence-electron chi connectivity index (χ2n) is 3.97. The van der Waals surface area contributed by atoms with Gasteiger partial charge in [0.1, 0.15) is 12.4 Å². The van der Waals surface area contributed by atoms with Crippen LogP contribution >= 0.6 is 0 Å². The fourth-order valence-electron chi connectivity index (χ4n) is 1.38. The lowest BCUT2D eigenvalue weighted by atomic mass is 10.1. The molecule has 1 heterocycles. The number of aromatic nitrogens is 1. The van der Waals surface area contributed by atoms with E-state index in [1.165, 1.54) is 0 Å². The van der Waals surface area contributed by atoms with Crippen molar-refractivity contribution in [3.05, 3.63) is 23.9 Å². The van der Waals surface area contributed by atoms with Crippen LogP contribution in [0.3, 0.4) is 0 Å². The highest BCUT2D eigenvalue weighted by atomic mass is 16.4. The van der Waals surface area contributed by atoms with E-state index in [0.717, 1.165) is 5.56 Å². The van der Waals surface area contributed by atoms with Gasteiger partial charge in [0.15, 0.2) is 0 Å². The van der Waals surface area contributed by atoms with Crippen LogP contribution in [0.4, 0.5) is 5.82 Å². The van der Waals surface area contributed by atoms with Gasteiger partial charge in [-0.2, -0.15) is 5.26 Å². The number of carboxylic acids is 1. The van der Waals surface area contributed by atoms with Crippen LogP contribution in [0.15, 0.2) is 18.3 Å². The number of aliphatic carboxylic acids is 1. The number of carbonyl (C=O) groups is 1. The number of hydrogen-bond donors (Lipinski definition) is 1. The molecule has 0 radical (unpaired) electrons. The van der Waals surface area contributed by atoms with Crippen molar-refractivity contribution in [2.45, 2.75) is 13.8 Å². The van der Waals surface area contributed by atoms with Crippen molar-refractivity contribution in [2.24, 2.45) is 5.92 Å². The monoisotopic (exact) mass is 233 g/mol. The summed E-state index contributed by atoms with van der Waals surface area (Å²) in [6.07, 6.45) is 1.70. The molecule has 5 heteroatoms. The SMILES string of the molecule is Cc1ccc(N(CC#N)CC(C)C(=O)O)nc1.